The predicted octanol–water partition coefficient (Wildman–Crippen LogP) is 3.00. The highest BCUT2D eigenvalue weighted by Crippen LogP contribution is 2.23. The minimum atomic E-state index is 0.792. The summed E-state index contributed by atoms with van der Waals surface area (Å²) in [4.78, 5) is 9.08. The van der Waals surface area contributed by atoms with Gasteiger partial charge in [-0.1, -0.05) is 33.1 Å². The van der Waals surface area contributed by atoms with Crippen molar-refractivity contribution in [1.29, 1.82) is 0 Å². The van der Waals surface area contributed by atoms with Crippen molar-refractivity contribution in [2.45, 2.75) is 39.5 Å². The first-order chi connectivity index (χ1) is 10.2. The fraction of sp³-hybridized carbons (Fsp3) is 0.706. The van der Waals surface area contributed by atoms with Crippen LogP contribution < -0.4 is 10.6 Å². The average Bonchev–Trinajstić information content (AvgIpc) is 2.52. The molecule has 2 rings (SSSR count). The molecule has 1 aromatic rings. The lowest BCUT2D eigenvalue weighted by molar-refractivity contribution is 0.208. The molecule has 4 heteroatoms. The van der Waals surface area contributed by atoms with E-state index in [9.17, 15) is 0 Å². The van der Waals surface area contributed by atoms with E-state index in [1.54, 1.807) is 6.20 Å². The Morgan fingerprint density at radius 1 is 1.24 bits per heavy atom. The average molecular weight is 290 g/mol. The van der Waals surface area contributed by atoms with E-state index in [4.69, 9.17) is 5.73 Å². The van der Waals surface area contributed by atoms with E-state index >= 15 is 0 Å². The maximum atomic E-state index is 6.03. The number of anilines is 2. The van der Waals surface area contributed by atoms with Gasteiger partial charge in [0.05, 0.1) is 17.6 Å². The van der Waals surface area contributed by atoms with Crippen molar-refractivity contribution in [3.63, 3.8) is 0 Å². The van der Waals surface area contributed by atoms with Gasteiger partial charge in [0, 0.05) is 38.9 Å². The van der Waals surface area contributed by atoms with Crippen LogP contribution in [0.25, 0.3) is 0 Å². The Morgan fingerprint density at radius 2 is 2.00 bits per heavy atom. The van der Waals surface area contributed by atoms with Gasteiger partial charge in [-0.05, 0) is 18.4 Å². The molecule has 1 aliphatic rings. The van der Waals surface area contributed by atoms with Gasteiger partial charge in [0.25, 0.3) is 0 Å². The zero-order valence-electron chi connectivity index (χ0n) is 13.6. The molecule has 1 saturated heterocycles. The summed E-state index contributed by atoms with van der Waals surface area (Å²) in [6.45, 7) is 10.3. The van der Waals surface area contributed by atoms with Crippen molar-refractivity contribution in [3.8, 4) is 0 Å². The Balaban J connectivity index is 1.81. The third-order valence-electron chi connectivity index (χ3n) is 4.60. The number of hydrogen-bond acceptors (Lipinski definition) is 4. The van der Waals surface area contributed by atoms with Crippen LogP contribution in [0, 0.1) is 5.92 Å². The molecule has 2 heterocycles. The summed E-state index contributed by atoms with van der Waals surface area (Å²) >= 11 is 0. The Labute approximate surface area is 129 Å². The number of hydrogen-bond donors (Lipinski definition) is 1. The summed E-state index contributed by atoms with van der Waals surface area (Å²) in [6, 6.07) is 2.03. The van der Waals surface area contributed by atoms with Gasteiger partial charge in [-0.3, -0.25) is 9.88 Å². The lowest BCUT2D eigenvalue weighted by atomic mass is 9.98. The van der Waals surface area contributed by atoms with Gasteiger partial charge < -0.3 is 10.6 Å². The van der Waals surface area contributed by atoms with Gasteiger partial charge in [-0.25, -0.2) is 0 Å². The highest BCUT2D eigenvalue weighted by Gasteiger charge is 2.20. The van der Waals surface area contributed by atoms with Gasteiger partial charge in [0.2, 0.25) is 0 Å². The lowest BCUT2D eigenvalue weighted by Crippen LogP contribution is -2.48. The molecule has 0 aliphatic carbocycles. The molecular formula is C17H30N4. The first-order valence-corrected chi connectivity index (χ1v) is 8.41. The number of nitrogens with two attached hydrogens (primary N) is 1. The van der Waals surface area contributed by atoms with E-state index in [0.717, 1.165) is 43.5 Å². The molecule has 0 saturated carbocycles. The molecule has 0 spiro atoms. The Hall–Kier alpha value is -1.29. The number of rotatable bonds is 7. The van der Waals surface area contributed by atoms with E-state index in [-0.39, 0.29) is 0 Å². The standard InChI is InChI=1S/C17H30N4/c1-3-5-6-15(4-2)14-20-9-11-21(12-10-20)17-7-8-19-13-16(17)18/h7-8,13,15H,3-6,9-12,14,18H2,1-2H3. The van der Waals surface area contributed by atoms with Crippen LogP contribution in [-0.4, -0.2) is 42.6 Å². The van der Waals surface area contributed by atoms with Crippen LogP contribution in [0.15, 0.2) is 18.5 Å². The summed E-state index contributed by atoms with van der Waals surface area (Å²) in [5, 5.41) is 0. The maximum absolute atomic E-state index is 6.03. The second-order valence-corrected chi connectivity index (χ2v) is 6.14. The van der Waals surface area contributed by atoms with Crippen LogP contribution in [0.2, 0.25) is 0 Å². The zero-order valence-corrected chi connectivity index (χ0v) is 13.6. The first-order valence-electron chi connectivity index (χ1n) is 8.41. The molecule has 21 heavy (non-hydrogen) atoms. The predicted molar refractivity (Wildman–Crippen MR) is 90.6 cm³/mol. The molecule has 0 aromatic carbocycles. The summed E-state index contributed by atoms with van der Waals surface area (Å²) in [6.07, 6.45) is 8.94. The minimum absolute atomic E-state index is 0.792. The van der Waals surface area contributed by atoms with Crippen LogP contribution >= 0.6 is 0 Å². The number of nitrogen functional groups attached to an aromatic ring is 1. The van der Waals surface area contributed by atoms with Crippen LogP contribution in [0.3, 0.4) is 0 Å². The minimum Gasteiger partial charge on any atom is -0.396 e. The van der Waals surface area contributed by atoms with Gasteiger partial charge in [-0.2, -0.15) is 0 Å². The lowest BCUT2D eigenvalue weighted by Gasteiger charge is -2.38. The summed E-state index contributed by atoms with van der Waals surface area (Å²) in [5.41, 5.74) is 7.96. The smallest absolute Gasteiger partial charge is 0.0738 e. The van der Waals surface area contributed by atoms with Gasteiger partial charge >= 0.3 is 0 Å². The molecule has 1 fully saturated rings. The highest BCUT2D eigenvalue weighted by molar-refractivity contribution is 5.66. The molecule has 0 amide bonds. The topological polar surface area (TPSA) is 45.4 Å². The molecule has 0 radical (unpaired) electrons. The van der Waals surface area contributed by atoms with Crippen LogP contribution in [0.5, 0.6) is 0 Å². The second-order valence-electron chi connectivity index (χ2n) is 6.14. The maximum Gasteiger partial charge on any atom is 0.0738 e. The van der Waals surface area contributed by atoms with Crippen molar-refractivity contribution >= 4 is 11.4 Å². The number of nitrogens with zero attached hydrogens (tertiary/aromatic N) is 3. The molecule has 4 nitrogen and oxygen atoms in total. The van der Waals surface area contributed by atoms with Crippen molar-refractivity contribution < 1.29 is 0 Å². The number of pyridine rings is 1. The summed E-state index contributed by atoms with van der Waals surface area (Å²) in [7, 11) is 0. The SMILES string of the molecule is CCCCC(CC)CN1CCN(c2ccncc2N)CC1. The molecule has 118 valence electrons. The van der Waals surface area contributed by atoms with Crippen molar-refractivity contribution in [3.05, 3.63) is 18.5 Å². The van der Waals surface area contributed by atoms with Gasteiger partial charge in [-0.15, -0.1) is 0 Å². The van der Waals surface area contributed by atoms with Crippen molar-refractivity contribution in [2.75, 3.05) is 43.4 Å². The Morgan fingerprint density at radius 3 is 2.62 bits per heavy atom. The molecule has 2 N–H and O–H groups in total. The second kappa shape index (κ2) is 8.23. The normalized spacial score (nSPS) is 17.9. The van der Waals surface area contributed by atoms with E-state index in [2.05, 4.69) is 28.6 Å². The van der Waals surface area contributed by atoms with Crippen molar-refractivity contribution in [1.82, 2.24) is 9.88 Å². The fourth-order valence-corrected chi connectivity index (χ4v) is 3.14. The van der Waals surface area contributed by atoms with E-state index in [1.165, 1.54) is 32.2 Å². The van der Waals surface area contributed by atoms with Gasteiger partial charge in [0.15, 0.2) is 0 Å². The van der Waals surface area contributed by atoms with Gasteiger partial charge in [0.1, 0.15) is 0 Å². The Kier molecular flexibility index (Phi) is 6.30. The van der Waals surface area contributed by atoms with E-state index in [0.29, 0.717) is 0 Å². The first kappa shape index (κ1) is 16.1. The molecule has 0 bridgehead atoms. The summed E-state index contributed by atoms with van der Waals surface area (Å²) < 4.78 is 0. The molecule has 1 unspecified atom stereocenters. The number of piperazine rings is 1. The van der Waals surface area contributed by atoms with E-state index in [1.807, 2.05) is 12.3 Å². The number of unbranched alkanes of at least 4 members (excludes halogenated alkanes) is 1. The number of aromatic nitrogens is 1. The van der Waals surface area contributed by atoms with Crippen LogP contribution in [-0.2, 0) is 0 Å². The monoisotopic (exact) mass is 290 g/mol. The van der Waals surface area contributed by atoms with Crippen LogP contribution in [0.1, 0.15) is 39.5 Å². The Bertz CT molecular complexity index is 413. The van der Waals surface area contributed by atoms with Crippen LogP contribution in [0.4, 0.5) is 11.4 Å². The molecule has 1 aliphatic heterocycles. The van der Waals surface area contributed by atoms with E-state index < -0.39 is 0 Å². The molecular weight excluding hydrogens is 260 g/mol. The van der Waals surface area contributed by atoms with Crippen molar-refractivity contribution in [2.24, 2.45) is 5.92 Å². The third-order valence-corrected chi connectivity index (χ3v) is 4.60. The highest BCUT2D eigenvalue weighted by atomic mass is 15.3. The summed E-state index contributed by atoms with van der Waals surface area (Å²) in [5.74, 6) is 0.863. The molecule has 1 atom stereocenters. The quantitative estimate of drug-likeness (QED) is 0.838. The largest absolute Gasteiger partial charge is 0.396 e. The zero-order chi connectivity index (χ0) is 15.1. The fourth-order valence-electron chi connectivity index (χ4n) is 3.14. The third kappa shape index (κ3) is 4.60. The molecule has 1 aromatic heterocycles.